The Morgan fingerprint density at radius 3 is 2.59 bits per heavy atom. The topological polar surface area (TPSA) is 121 Å². The third-order valence-electron chi connectivity index (χ3n) is 5.33. The second-order valence-corrected chi connectivity index (χ2v) is 8.96. The molecular formula is C17H23N5O4S. The van der Waals surface area contributed by atoms with Crippen molar-refractivity contribution in [1.82, 2.24) is 24.7 Å². The third-order valence-corrected chi connectivity index (χ3v) is 6.85. The zero-order valence-electron chi connectivity index (χ0n) is 15.2. The van der Waals surface area contributed by atoms with Crippen molar-refractivity contribution in [3.05, 3.63) is 29.7 Å². The number of hydrogen-bond acceptors (Lipinski definition) is 6. The van der Waals surface area contributed by atoms with Gasteiger partial charge in [0.2, 0.25) is 15.9 Å². The average molecular weight is 393 g/mol. The SMILES string of the molecule is Cc1nc(C2(NS(=O)(=O)c3c[nH]c(C(=O)N4CCCC4)c3)CCCC2)no1. The van der Waals surface area contributed by atoms with Crippen LogP contribution in [-0.2, 0) is 15.6 Å². The maximum atomic E-state index is 13.0. The van der Waals surface area contributed by atoms with Gasteiger partial charge in [-0.3, -0.25) is 4.79 Å². The molecule has 0 spiro atoms. The highest BCUT2D eigenvalue weighted by molar-refractivity contribution is 7.89. The van der Waals surface area contributed by atoms with Crippen LogP contribution in [0.1, 0.15) is 60.7 Å². The first-order chi connectivity index (χ1) is 12.9. The summed E-state index contributed by atoms with van der Waals surface area (Å²) in [6.45, 7) is 3.09. The smallest absolute Gasteiger partial charge is 0.270 e. The number of aryl methyl sites for hydroxylation is 1. The Bertz CT molecular complexity index is 936. The van der Waals surface area contributed by atoms with E-state index in [0.29, 0.717) is 37.6 Å². The highest BCUT2D eigenvalue weighted by Crippen LogP contribution is 2.38. The van der Waals surface area contributed by atoms with Gasteiger partial charge in [0.15, 0.2) is 5.82 Å². The summed E-state index contributed by atoms with van der Waals surface area (Å²) >= 11 is 0. The lowest BCUT2D eigenvalue weighted by Gasteiger charge is -2.26. The molecule has 0 unspecified atom stereocenters. The molecule has 10 heteroatoms. The van der Waals surface area contributed by atoms with Gasteiger partial charge in [-0.1, -0.05) is 18.0 Å². The first-order valence-corrected chi connectivity index (χ1v) is 10.7. The Kier molecular flexibility index (Phi) is 4.55. The van der Waals surface area contributed by atoms with E-state index in [-0.39, 0.29) is 16.5 Å². The van der Waals surface area contributed by atoms with Crippen LogP contribution < -0.4 is 4.72 Å². The molecule has 1 saturated heterocycles. The second kappa shape index (κ2) is 6.75. The zero-order chi connectivity index (χ0) is 19.1. The fraction of sp³-hybridized carbons (Fsp3) is 0.588. The number of nitrogens with one attached hydrogen (secondary N) is 2. The summed E-state index contributed by atoms with van der Waals surface area (Å²) in [4.78, 5) is 21.3. The Balaban J connectivity index is 1.58. The predicted molar refractivity (Wildman–Crippen MR) is 95.4 cm³/mol. The van der Waals surface area contributed by atoms with Crippen molar-refractivity contribution in [2.24, 2.45) is 0 Å². The minimum Gasteiger partial charge on any atom is -0.356 e. The summed E-state index contributed by atoms with van der Waals surface area (Å²) in [5.74, 6) is 0.596. The maximum absolute atomic E-state index is 13.0. The van der Waals surface area contributed by atoms with Gasteiger partial charge in [-0.2, -0.15) is 9.71 Å². The van der Waals surface area contributed by atoms with Crippen molar-refractivity contribution >= 4 is 15.9 Å². The zero-order valence-corrected chi connectivity index (χ0v) is 16.0. The normalized spacial score (nSPS) is 19.7. The number of aromatic amines is 1. The van der Waals surface area contributed by atoms with E-state index in [1.165, 1.54) is 12.3 Å². The molecule has 27 heavy (non-hydrogen) atoms. The molecule has 2 aliphatic rings. The highest BCUT2D eigenvalue weighted by Gasteiger charge is 2.43. The second-order valence-electron chi connectivity index (χ2n) is 7.28. The number of rotatable bonds is 5. The molecule has 1 saturated carbocycles. The lowest BCUT2D eigenvalue weighted by molar-refractivity contribution is 0.0787. The molecule has 2 N–H and O–H groups in total. The molecule has 0 atom stereocenters. The molecule has 2 aromatic heterocycles. The lowest BCUT2D eigenvalue weighted by atomic mass is 9.99. The van der Waals surface area contributed by atoms with Gasteiger partial charge in [-0.05, 0) is 31.7 Å². The quantitative estimate of drug-likeness (QED) is 0.797. The van der Waals surface area contributed by atoms with E-state index in [4.69, 9.17) is 4.52 Å². The number of carbonyl (C=O) groups is 1. The molecule has 1 aliphatic carbocycles. The van der Waals surface area contributed by atoms with E-state index in [1.54, 1.807) is 11.8 Å². The Morgan fingerprint density at radius 1 is 1.26 bits per heavy atom. The molecular weight excluding hydrogens is 370 g/mol. The van der Waals surface area contributed by atoms with Gasteiger partial charge in [-0.25, -0.2) is 8.42 Å². The van der Waals surface area contributed by atoms with E-state index < -0.39 is 15.6 Å². The van der Waals surface area contributed by atoms with Crippen molar-refractivity contribution in [3.63, 3.8) is 0 Å². The number of amides is 1. The molecule has 0 radical (unpaired) electrons. The van der Waals surface area contributed by atoms with Crippen LogP contribution >= 0.6 is 0 Å². The van der Waals surface area contributed by atoms with E-state index in [2.05, 4.69) is 19.8 Å². The third kappa shape index (κ3) is 3.39. The van der Waals surface area contributed by atoms with Crippen LogP contribution in [0, 0.1) is 6.92 Å². The number of sulfonamides is 1. The fourth-order valence-corrected chi connectivity index (χ4v) is 5.32. The molecule has 0 bridgehead atoms. The number of carbonyl (C=O) groups excluding carboxylic acids is 1. The summed E-state index contributed by atoms with van der Waals surface area (Å²) in [6, 6.07) is 1.40. The standard InChI is InChI=1S/C17H23N5O4S/c1-12-19-16(20-26-12)17(6-2-3-7-17)21-27(24,25)13-10-14(18-11-13)15(23)22-8-4-5-9-22/h10-11,18,21H,2-9H2,1H3. The molecule has 1 amide bonds. The van der Waals surface area contributed by atoms with Gasteiger partial charge in [0.25, 0.3) is 5.91 Å². The van der Waals surface area contributed by atoms with Crippen LogP contribution in [-0.4, -0.2) is 47.4 Å². The van der Waals surface area contributed by atoms with Crippen LogP contribution in [0.2, 0.25) is 0 Å². The van der Waals surface area contributed by atoms with Crippen molar-refractivity contribution in [2.75, 3.05) is 13.1 Å². The van der Waals surface area contributed by atoms with E-state index >= 15 is 0 Å². The molecule has 146 valence electrons. The minimum absolute atomic E-state index is 0.0385. The summed E-state index contributed by atoms with van der Waals surface area (Å²) in [5.41, 5.74) is -0.583. The number of likely N-dealkylation sites (tertiary alicyclic amines) is 1. The molecule has 3 heterocycles. The predicted octanol–water partition coefficient (Wildman–Crippen LogP) is 1.69. The highest BCUT2D eigenvalue weighted by atomic mass is 32.2. The summed E-state index contributed by atoms with van der Waals surface area (Å²) in [6.07, 6.45) is 6.28. The molecule has 9 nitrogen and oxygen atoms in total. The first-order valence-electron chi connectivity index (χ1n) is 9.22. The largest absolute Gasteiger partial charge is 0.356 e. The van der Waals surface area contributed by atoms with Crippen LogP contribution in [0.25, 0.3) is 0 Å². The molecule has 4 rings (SSSR count). The lowest BCUT2D eigenvalue weighted by Crippen LogP contribution is -2.44. The van der Waals surface area contributed by atoms with Gasteiger partial charge in [0.05, 0.1) is 5.54 Å². The molecule has 2 fully saturated rings. The number of nitrogens with zero attached hydrogens (tertiary/aromatic N) is 3. The van der Waals surface area contributed by atoms with Gasteiger partial charge in [0, 0.05) is 26.2 Å². The van der Waals surface area contributed by atoms with Crippen LogP contribution in [0.4, 0.5) is 0 Å². The number of hydrogen-bond donors (Lipinski definition) is 2. The molecule has 1 aliphatic heterocycles. The fourth-order valence-electron chi connectivity index (χ4n) is 3.90. The molecule has 2 aromatic rings. The van der Waals surface area contributed by atoms with E-state index in [1.807, 2.05) is 0 Å². The van der Waals surface area contributed by atoms with Crippen molar-refractivity contribution in [2.45, 2.75) is 55.9 Å². The van der Waals surface area contributed by atoms with Crippen molar-refractivity contribution in [1.29, 1.82) is 0 Å². The minimum atomic E-state index is -3.85. The summed E-state index contributed by atoms with van der Waals surface area (Å²) in [5, 5.41) is 3.95. The Labute approximate surface area is 157 Å². The Hall–Kier alpha value is -2.20. The van der Waals surface area contributed by atoms with E-state index in [9.17, 15) is 13.2 Å². The van der Waals surface area contributed by atoms with Gasteiger partial charge in [-0.15, -0.1) is 0 Å². The van der Waals surface area contributed by atoms with Crippen LogP contribution in [0.15, 0.2) is 21.7 Å². The van der Waals surface area contributed by atoms with Crippen molar-refractivity contribution in [3.8, 4) is 0 Å². The first kappa shape index (κ1) is 18.2. The van der Waals surface area contributed by atoms with Gasteiger partial charge in [0.1, 0.15) is 10.6 Å². The maximum Gasteiger partial charge on any atom is 0.270 e. The van der Waals surface area contributed by atoms with Gasteiger partial charge >= 0.3 is 0 Å². The van der Waals surface area contributed by atoms with Crippen LogP contribution in [0.5, 0.6) is 0 Å². The van der Waals surface area contributed by atoms with Crippen molar-refractivity contribution < 1.29 is 17.7 Å². The monoisotopic (exact) mass is 393 g/mol. The average Bonchev–Trinajstić information content (AvgIpc) is 3.40. The van der Waals surface area contributed by atoms with E-state index in [0.717, 1.165) is 25.7 Å². The number of aromatic nitrogens is 3. The molecule has 0 aromatic carbocycles. The number of H-pyrrole nitrogens is 1. The summed E-state index contributed by atoms with van der Waals surface area (Å²) < 4.78 is 33.8. The summed E-state index contributed by atoms with van der Waals surface area (Å²) in [7, 11) is -3.85. The van der Waals surface area contributed by atoms with Crippen LogP contribution in [0.3, 0.4) is 0 Å². The Morgan fingerprint density at radius 2 is 1.96 bits per heavy atom. The van der Waals surface area contributed by atoms with Gasteiger partial charge < -0.3 is 14.4 Å².